The summed E-state index contributed by atoms with van der Waals surface area (Å²) in [4.78, 5) is 8.56. The van der Waals surface area contributed by atoms with Crippen LogP contribution in [0.1, 0.15) is 5.56 Å². The van der Waals surface area contributed by atoms with Crippen molar-refractivity contribution in [1.82, 2.24) is 0 Å². The fraction of sp³-hybridized carbons (Fsp3) is 0.400. The van der Waals surface area contributed by atoms with Crippen LogP contribution in [0.4, 0.5) is 4.20 Å². The van der Waals surface area contributed by atoms with Crippen LogP contribution in [-0.4, -0.2) is 18.6 Å². The minimum absolute atomic E-state index is 0.580. The molecule has 3 nitrogen and oxygen atoms in total. The second kappa shape index (κ2) is 6.16. The maximum absolute atomic E-state index is 12.5. The van der Waals surface area contributed by atoms with E-state index in [4.69, 9.17) is 4.89 Å². The van der Waals surface area contributed by atoms with E-state index in [-0.39, 0.29) is 0 Å². The van der Waals surface area contributed by atoms with Crippen LogP contribution in [0.25, 0.3) is 0 Å². The molecule has 0 amide bonds. The minimum atomic E-state index is -4.85. The SMILES string of the molecule is C[Si](C)(CSCc1ccccc1)OP(=O)(O)F. The van der Waals surface area contributed by atoms with Gasteiger partial charge in [0.15, 0.2) is 0 Å². The van der Waals surface area contributed by atoms with Crippen molar-refractivity contribution in [3.05, 3.63) is 35.9 Å². The number of halogens is 1. The normalized spacial score (nSPS) is 15.5. The van der Waals surface area contributed by atoms with Crippen molar-refractivity contribution in [2.75, 3.05) is 5.38 Å². The molecule has 0 saturated heterocycles. The topological polar surface area (TPSA) is 46.5 Å². The lowest BCUT2D eigenvalue weighted by atomic mass is 10.2. The molecule has 7 heteroatoms. The van der Waals surface area contributed by atoms with E-state index in [2.05, 4.69) is 4.21 Å². The van der Waals surface area contributed by atoms with Gasteiger partial charge in [-0.3, -0.25) is 4.89 Å². The molecule has 0 fully saturated rings. The quantitative estimate of drug-likeness (QED) is 0.641. The first kappa shape index (κ1) is 14.9. The molecule has 0 bridgehead atoms. The smallest absolute Gasteiger partial charge is 0.326 e. The Balaban J connectivity index is 2.38. The molecule has 1 aromatic carbocycles. The Kier molecular flexibility index (Phi) is 5.41. The summed E-state index contributed by atoms with van der Waals surface area (Å²) < 4.78 is 27.7. The standard InChI is InChI=1S/C10H16FO3PSSi/c1-17(2,14-15(11,12)13)9-16-8-10-6-4-3-5-7-10/h3-7H,8-9H2,1-2H3,(H,12,13). The maximum Gasteiger partial charge on any atom is 0.500 e. The second-order valence-corrected chi connectivity index (χ2v) is 11.3. The zero-order valence-corrected chi connectivity index (χ0v) is 12.5. The molecular formula is C10H16FO3PSSi. The molecule has 0 aliphatic rings. The van der Waals surface area contributed by atoms with Crippen molar-refractivity contribution in [1.29, 1.82) is 0 Å². The van der Waals surface area contributed by atoms with E-state index in [0.717, 1.165) is 5.75 Å². The van der Waals surface area contributed by atoms with E-state index in [1.165, 1.54) is 5.56 Å². The second-order valence-electron chi connectivity index (χ2n) is 4.28. The molecule has 0 aromatic heterocycles. The number of benzene rings is 1. The average Bonchev–Trinajstić information content (AvgIpc) is 2.15. The summed E-state index contributed by atoms with van der Waals surface area (Å²) in [7, 11) is -7.27. The first-order chi connectivity index (χ1) is 7.79. The van der Waals surface area contributed by atoms with Gasteiger partial charge in [0.05, 0.1) is 0 Å². The number of hydrogen-bond donors (Lipinski definition) is 1. The summed E-state index contributed by atoms with van der Waals surface area (Å²) in [6, 6.07) is 9.88. The predicted molar refractivity (Wildman–Crippen MR) is 72.1 cm³/mol. The van der Waals surface area contributed by atoms with E-state index in [1.807, 2.05) is 30.3 Å². The molecule has 0 aliphatic carbocycles. The highest BCUT2D eigenvalue weighted by Gasteiger charge is 2.32. The molecule has 1 N–H and O–H groups in total. The Hall–Kier alpha value is -0.133. The highest BCUT2D eigenvalue weighted by atomic mass is 32.2. The molecule has 0 radical (unpaired) electrons. The van der Waals surface area contributed by atoms with Crippen molar-refractivity contribution >= 4 is 28.0 Å². The zero-order valence-electron chi connectivity index (χ0n) is 9.80. The van der Waals surface area contributed by atoms with Crippen molar-refractivity contribution in [2.45, 2.75) is 18.8 Å². The van der Waals surface area contributed by atoms with Crippen LogP contribution in [0.2, 0.25) is 13.1 Å². The van der Waals surface area contributed by atoms with Gasteiger partial charge in [0.2, 0.25) is 8.32 Å². The van der Waals surface area contributed by atoms with Crippen LogP contribution >= 0.6 is 19.7 Å². The van der Waals surface area contributed by atoms with Crippen LogP contribution in [0.15, 0.2) is 30.3 Å². The van der Waals surface area contributed by atoms with E-state index in [0.29, 0.717) is 5.38 Å². The molecule has 17 heavy (non-hydrogen) atoms. The van der Waals surface area contributed by atoms with Crippen LogP contribution in [0.5, 0.6) is 0 Å². The van der Waals surface area contributed by atoms with Gasteiger partial charge in [0, 0.05) is 11.1 Å². The lowest BCUT2D eigenvalue weighted by Crippen LogP contribution is -2.32. The Morgan fingerprint density at radius 1 is 1.41 bits per heavy atom. The van der Waals surface area contributed by atoms with E-state index >= 15 is 0 Å². The van der Waals surface area contributed by atoms with Crippen LogP contribution < -0.4 is 0 Å². The fourth-order valence-electron chi connectivity index (χ4n) is 1.32. The lowest BCUT2D eigenvalue weighted by Gasteiger charge is -2.21. The van der Waals surface area contributed by atoms with E-state index in [9.17, 15) is 8.76 Å². The number of rotatable bonds is 6. The Morgan fingerprint density at radius 2 is 2.00 bits per heavy atom. The third-order valence-electron chi connectivity index (χ3n) is 1.92. The van der Waals surface area contributed by atoms with Gasteiger partial charge in [-0.1, -0.05) is 30.3 Å². The first-order valence-corrected chi connectivity index (χ1v) is 10.9. The average molecular weight is 294 g/mol. The molecule has 1 aromatic rings. The van der Waals surface area contributed by atoms with Gasteiger partial charge in [-0.25, -0.2) is 4.57 Å². The monoisotopic (exact) mass is 294 g/mol. The van der Waals surface area contributed by atoms with Crippen molar-refractivity contribution < 1.29 is 17.9 Å². The summed E-state index contributed by atoms with van der Waals surface area (Å²) in [5, 5.41) is 0.580. The molecule has 0 aliphatic heterocycles. The largest absolute Gasteiger partial charge is 0.500 e. The number of hydrogen-bond acceptors (Lipinski definition) is 3. The molecule has 0 spiro atoms. The molecule has 1 unspecified atom stereocenters. The Labute approximate surface area is 106 Å². The van der Waals surface area contributed by atoms with Gasteiger partial charge in [-0.2, -0.15) is 11.8 Å². The molecule has 96 valence electrons. The Morgan fingerprint density at radius 3 is 2.53 bits per heavy atom. The van der Waals surface area contributed by atoms with E-state index < -0.39 is 16.2 Å². The fourth-order valence-corrected chi connectivity index (χ4v) is 7.25. The first-order valence-electron chi connectivity index (χ1n) is 5.13. The molecular weight excluding hydrogens is 278 g/mol. The van der Waals surface area contributed by atoms with Gasteiger partial charge < -0.3 is 4.21 Å². The van der Waals surface area contributed by atoms with Gasteiger partial charge in [-0.15, -0.1) is 4.20 Å². The van der Waals surface area contributed by atoms with Gasteiger partial charge in [0.25, 0.3) is 0 Å². The maximum atomic E-state index is 12.5. The van der Waals surface area contributed by atoms with Gasteiger partial charge in [-0.05, 0) is 18.7 Å². The molecule has 1 atom stereocenters. The summed E-state index contributed by atoms with van der Waals surface area (Å²) >= 11 is 1.59. The predicted octanol–water partition coefficient (Wildman–Crippen LogP) is 3.75. The van der Waals surface area contributed by atoms with Crippen molar-refractivity contribution in [3.63, 3.8) is 0 Å². The summed E-state index contributed by atoms with van der Waals surface area (Å²) in [6.45, 7) is 3.46. The lowest BCUT2D eigenvalue weighted by molar-refractivity contribution is 0.328. The van der Waals surface area contributed by atoms with Crippen LogP contribution in [0.3, 0.4) is 0 Å². The zero-order chi connectivity index (χ0) is 12.9. The Bertz CT molecular complexity index is 396. The van der Waals surface area contributed by atoms with E-state index in [1.54, 1.807) is 24.9 Å². The summed E-state index contributed by atoms with van der Waals surface area (Å²) in [5.74, 6) is 0.794. The number of thioether (sulfide) groups is 1. The van der Waals surface area contributed by atoms with Gasteiger partial charge in [0.1, 0.15) is 0 Å². The van der Waals surface area contributed by atoms with Crippen LogP contribution in [0, 0.1) is 0 Å². The molecule has 0 saturated carbocycles. The van der Waals surface area contributed by atoms with Crippen LogP contribution in [-0.2, 0) is 14.5 Å². The summed E-state index contributed by atoms with van der Waals surface area (Å²) in [5.41, 5.74) is 1.18. The molecule has 1 rings (SSSR count). The van der Waals surface area contributed by atoms with Gasteiger partial charge >= 0.3 is 7.91 Å². The third-order valence-corrected chi connectivity index (χ3v) is 8.93. The summed E-state index contributed by atoms with van der Waals surface area (Å²) in [6.07, 6.45) is 0. The minimum Gasteiger partial charge on any atom is -0.326 e. The highest BCUT2D eigenvalue weighted by Crippen LogP contribution is 2.46. The van der Waals surface area contributed by atoms with Crippen molar-refractivity contribution in [3.8, 4) is 0 Å². The third kappa shape index (κ3) is 7.01. The molecule has 0 heterocycles. The highest BCUT2D eigenvalue weighted by molar-refractivity contribution is 8.00. The van der Waals surface area contributed by atoms with Crippen molar-refractivity contribution in [2.24, 2.45) is 0 Å².